The Hall–Kier alpha value is -4.39. The zero-order chi connectivity index (χ0) is 23.8. The standard InChI is InChI=1S/C27H25N3O4/c31-26(17-29-33)30-25-15-6-1-9-19(25)10-7-8-16-28-27(32)34-18-24-22-13-4-2-11-20(22)21-12-3-5-14-23(21)24/h1-7,9-15,17,24,33H,8,16,18H2,(H,28,32)(H,30,31). The third-order valence-corrected chi connectivity index (χ3v) is 5.62. The molecule has 0 atom stereocenters. The Morgan fingerprint density at radius 1 is 0.941 bits per heavy atom. The molecule has 0 saturated carbocycles. The molecule has 1 aliphatic carbocycles. The highest BCUT2D eigenvalue weighted by Gasteiger charge is 2.28. The number of carbonyl (C=O) groups excluding carboxylic acids is 2. The van der Waals surface area contributed by atoms with Crippen LogP contribution in [0.25, 0.3) is 17.2 Å². The molecule has 3 aromatic rings. The Balaban J connectivity index is 1.26. The first-order valence-electron chi connectivity index (χ1n) is 11.0. The van der Waals surface area contributed by atoms with Gasteiger partial charge in [-0.2, -0.15) is 0 Å². The Labute approximate surface area is 197 Å². The van der Waals surface area contributed by atoms with Crippen molar-refractivity contribution >= 4 is 30.0 Å². The van der Waals surface area contributed by atoms with Gasteiger partial charge in [-0.1, -0.05) is 84.0 Å². The van der Waals surface area contributed by atoms with Crippen molar-refractivity contribution in [1.29, 1.82) is 0 Å². The largest absolute Gasteiger partial charge is 0.449 e. The molecular weight excluding hydrogens is 430 g/mol. The van der Waals surface area contributed by atoms with Gasteiger partial charge in [-0.25, -0.2) is 4.79 Å². The summed E-state index contributed by atoms with van der Waals surface area (Å²) in [7, 11) is 0. The molecule has 0 aliphatic heterocycles. The van der Waals surface area contributed by atoms with E-state index in [4.69, 9.17) is 9.94 Å². The Morgan fingerprint density at radius 2 is 1.59 bits per heavy atom. The summed E-state index contributed by atoms with van der Waals surface area (Å²) in [6.45, 7) is 0.693. The molecule has 3 N–H and O–H groups in total. The number of rotatable bonds is 8. The lowest BCUT2D eigenvalue weighted by Gasteiger charge is -2.14. The van der Waals surface area contributed by atoms with Crippen molar-refractivity contribution in [2.75, 3.05) is 18.5 Å². The van der Waals surface area contributed by atoms with Crippen molar-refractivity contribution in [3.63, 3.8) is 0 Å². The van der Waals surface area contributed by atoms with E-state index in [9.17, 15) is 9.59 Å². The fourth-order valence-electron chi connectivity index (χ4n) is 4.09. The van der Waals surface area contributed by atoms with Gasteiger partial charge in [0.05, 0.1) is 0 Å². The molecule has 0 radical (unpaired) electrons. The predicted molar refractivity (Wildman–Crippen MR) is 132 cm³/mol. The molecular formula is C27H25N3O4. The van der Waals surface area contributed by atoms with Gasteiger partial charge in [-0.3, -0.25) is 4.79 Å². The zero-order valence-electron chi connectivity index (χ0n) is 18.5. The van der Waals surface area contributed by atoms with E-state index in [0.29, 0.717) is 18.7 Å². The molecule has 0 fully saturated rings. The lowest BCUT2D eigenvalue weighted by atomic mass is 9.98. The minimum absolute atomic E-state index is 0.0284. The number of benzene rings is 3. The van der Waals surface area contributed by atoms with E-state index in [1.807, 2.05) is 48.6 Å². The fraction of sp³-hybridized carbons (Fsp3) is 0.148. The van der Waals surface area contributed by atoms with Gasteiger partial charge in [0.25, 0.3) is 5.91 Å². The number of carbonyl (C=O) groups is 2. The third kappa shape index (κ3) is 5.32. The van der Waals surface area contributed by atoms with E-state index in [1.54, 1.807) is 12.1 Å². The van der Waals surface area contributed by atoms with Gasteiger partial charge in [0.1, 0.15) is 12.8 Å². The molecule has 172 valence electrons. The number of amides is 2. The number of alkyl carbamates (subject to hydrolysis) is 1. The molecule has 7 nitrogen and oxygen atoms in total. The van der Waals surface area contributed by atoms with Crippen LogP contribution in [-0.4, -0.2) is 36.6 Å². The van der Waals surface area contributed by atoms with E-state index < -0.39 is 12.0 Å². The van der Waals surface area contributed by atoms with Gasteiger partial charge in [0, 0.05) is 18.2 Å². The molecule has 34 heavy (non-hydrogen) atoms. The second kappa shape index (κ2) is 11.0. The normalized spacial score (nSPS) is 12.5. The maximum absolute atomic E-state index is 12.3. The smallest absolute Gasteiger partial charge is 0.407 e. The molecule has 0 saturated heterocycles. The lowest BCUT2D eigenvalue weighted by Crippen LogP contribution is -2.26. The quantitative estimate of drug-likeness (QED) is 0.192. The number of nitrogens with zero attached hydrogens (tertiary/aromatic N) is 1. The van der Waals surface area contributed by atoms with E-state index in [0.717, 1.165) is 11.8 Å². The summed E-state index contributed by atoms with van der Waals surface area (Å²) in [5.41, 5.74) is 6.12. The van der Waals surface area contributed by atoms with Crippen molar-refractivity contribution in [2.45, 2.75) is 12.3 Å². The van der Waals surface area contributed by atoms with Crippen LogP contribution in [0, 0.1) is 0 Å². The SMILES string of the molecule is O=C(C=NO)Nc1ccccc1C=CCCNC(=O)OCC1c2ccccc2-c2ccccc21. The third-order valence-electron chi connectivity index (χ3n) is 5.62. The van der Waals surface area contributed by atoms with Crippen molar-refractivity contribution in [3.8, 4) is 11.1 Å². The van der Waals surface area contributed by atoms with Crippen molar-refractivity contribution in [3.05, 3.63) is 95.6 Å². The number of ether oxygens (including phenoxy) is 1. The highest BCUT2D eigenvalue weighted by Crippen LogP contribution is 2.44. The average molecular weight is 456 g/mol. The molecule has 0 spiro atoms. The van der Waals surface area contributed by atoms with Crippen LogP contribution in [0.1, 0.15) is 29.0 Å². The zero-order valence-corrected chi connectivity index (χ0v) is 18.5. The first-order valence-corrected chi connectivity index (χ1v) is 11.0. The van der Waals surface area contributed by atoms with Crippen LogP contribution >= 0.6 is 0 Å². The van der Waals surface area contributed by atoms with E-state index in [2.05, 4.69) is 40.1 Å². The molecule has 0 bridgehead atoms. The summed E-state index contributed by atoms with van der Waals surface area (Å²) >= 11 is 0. The lowest BCUT2D eigenvalue weighted by molar-refractivity contribution is -0.110. The molecule has 2 amide bonds. The fourth-order valence-corrected chi connectivity index (χ4v) is 4.09. The number of oxime groups is 1. The minimum atomic E-state index is -0.528. The van der Waals surface area contributed by atoms with Gasteiger partial charge in [0.15, 0.2) is 0 Å². The second-order valence-electron chi connectivity index (χ2n) is 7.76. The number of fused-ring (bicyclic) bond motifs is 3. The van der Waals surface area contributed by atoms with E-state index in [1.165, 1.54) is 22.3 Å². The monoisotopic (exact) mass is 455 g/mol. The summed E-state index contributed by atoms with van der Waals surface area (Å²) in [5.74, 6) is -0.499. The first-order chi connectivity index (χ1) is 16.7. The van der Waals surface area contributed by atoms with Gasteiger partial charge in [0.2, 0.25) is 0 Å². The van der Waals surface area contributed by atoms with Crippen LogP contribution in [-0.2, 0) is 9.53 Å². The van der Waals surface area contributed by atoms with Crippen molar-refractivity contribution in [2.24, 2.45) is 5.16 Å². The number of para-hydroxylation sites is 1. The second-order valence-corrected chi connectivity index (χ2v) is 7.76. The highest BCUT2D eigenvalue weighted by atomic mass is 16.5. The van der Waals surface area contributed by atoms with Crippen LogP contribution in [0.4, 0.5) is 10.5 Å². The maximum atomic E-state index is 12.3. The van der Waals surface area contributed by atoms with Gasteiger partial charge >= 0.3 is 6.09 Å². The van der Waals surface area contributed by atoms with Crippen LogP contribution in [0.5, 0.6) is 0 Å². The number of anilines is 1. The van der Waals surface area contributed by atoms with Gasteiger partial charge in [-0.05, 0) is 40.3 Å². The van der Waals surface area contributed by atoms with E-state index >= 15 is 0 Å². The Morgan fingerprint density at radius 3 is 2.29 bits per heavy atom. The highest BCUT2D eigenvalue weighted by molar-refractivity contribution is 6.31. The first kappa shape index (κ1) is 22.8. The summed E-state index contributed by atoms with van der Waals surface area (Å²) in [4.78, 5) is 23.9. The van der Waals surface area contributed by atoms with Crippen molar-refractivity contribution < 1.29 is 19.5 Å². The molecule has 7 heteroatoms. The Bertz CT molecular complexity index is 1190. The summed E-state index contributed by atoms with van der Waals surface area (Å²) < 4.78 is 5.54. The summed E-state index contributed by atoms with van der Waals surface area (Å²) in [6.07, 6.45) is 4.68. The van der Waals surface area contributed by atoms with Gasteiger partial charge < -0.3 is 20.6 Å². The molecule has 4 rings (SSSR count). The maximum Gasteiger partial charge on any atom is 0.407 e. The molecule has 0 heterocycles. The molecule has 3 aromatic carbocycles. The number of hydrogen-bond acceptors (Lipinski definition) is 5. The number of nitrogens with one attached hydrogen (secondary N) is 2. The number of hydrogen-bond donors (Lipinski definition) is 3. The minimum Gasteiger partial charge on any atom is -0.449 e. The van der Waals surface area contributed by atoms with Gasteiger partial charge in [-0.15, -0.1) is 0 Å². The van der Waals surface area contributed by atoms with Crippen LogP contribution in [0.3, 0.4) is 0 Å². The predicted octanol–water partition coefficient (Wildman–Crippen LogP) is 5.03. The topological polar surface area (TPSA) is 100 Å². The Kier molecular flexibility index (Phi) is 7.35. The molecule has 0 aromatic heterocycles. The average Bonchev–Trinajstić information content (AvgIpc) is 3.17. The summed E-state index contributed by atoms with van der Waals surface area (Å²) in [5, 5.41) is 16.6. The van der Waals surface area contributed by atoms with Crippen LogP contribution in [0.2, 0.25) is 0 Å². The molecule has 1 aliphatic rings. The van der Waals surface area contributed by atoms with Crippen molar-refractivity contribution in [1.82, 2.24) is 5.32 Å². The van der Waals surface area contributed by atoms with Crippen LogP contribution in [0.15, 0.2) is 84.0 Å². The van der Waals surface area contributed by atoms with E-state index in [-0.39, 0.29) is 12.5 Å². The van der Waals surface area contributed by atoms with Crippen LogP contribution < -0.4 is 10.6 Å². The summed E-state index contributed by atoms with van der Waals surface area (Å²) in [6, 6.07) is 23.7. The molecule has 0 unspecified atom stereocenters.